The Morgan fingerprint density at radius 2 is 2.28 bits per heavy atom. The molecule has 0 saturated carbocycles. The standard InChI is InChI=1S/C18H14N4O2S/c23-18(13-8-19-10-24-13)22-6-5-12-16(21-9-20-12)17(22)15-7-11-3-1-2-4-14(11)25-15/h1-4,7-10,17H,5-6H2,(H,20,21)/t17-/m0/s1. The first-order valence-electron chi connectivity index (χ1n) is 8.01. The number of carbonyl (C=O) groups excluding carboxylic acids is 1. The maximum Gasteiger partial charge on any atom is 0.292 e. The number of H-pyrrole nitrogens is 1. The van der Waals surface area contributed by atoms with Crippen molar-refractivity contribution in [3.05, 3.63) is 71.3 Å². The third-order valence-corrected chi connectivity index (χ3v) is 5.71. The van der Waals surface area contributed by atoms with Gasteiger partial charge in [-0.25, -0.2) is 9.97 Å². The number of nitrogens with zero attached hydrogens (tertiary/aromatic N) is 3. The highest BCUT2D eigenvalue weighted by Crippen LogP contribution is 2.39. The van der Waals surface area contributed by atoms with Crippen LogP contribution in [0.3, 0.4) is 0 Å². The molecular weight excluding hydrogens is 336 g/mol. The number of amides is 1. The lowest BCUT2D eigenvalue weighted by molar-refractivity contribution is 0.0660. The van der Waals surface area contributed by atoms with E-state index in [2.05, 4.69) is 33.2 Å². The summed E-state index contributed by atoms with van der Waals surface area (Å²) in [5, 5.41) is 1.18. The molecule has 7 heteroatoms. The van der Waals surface area contributed by atoms with E-state index in [9.17, 15) is 4.79 Å². The van der Waals surface area contributed by atoms with E-state index >= 15 is 0 Å². The average Bonchev–Trinajstić information content (AvgIpc) is 3.39. The largest absolute Gasteiger partial charge is 0.438 e. The molecule has 1 atom stereocenters. The second-order valence-corrected chi connectivity index (χ2v) is 7.09. The van der Waals surface area contributed by atoms with E-state index in [1.165, 1.54) is 22.7 Å². The summed E-state index contributed by atoms with van der Waals surface area (Å²) in [5.41, 5.74) is 2.00. The molecule has 0 unspecified atom stereocenters. The molecule has 0 bridgehead atoms. The first-order valence-corrected chi connectivity index (χ1v) is 8.83. The van der Waals surface area contributed by atoms with Crippen molar-refractivity contribution >= 4 is 27.3 Å². The molecule has 0 spiro atoms. The van der Waals surface area contributed by atoms with Gasteiger partial charge in [-0.3, -0.25) is 4.79 Å². The maximum atomic E-state index is 13.0. The number of benzene rings is 1. The number of oxazole rings is 1. The highest BCUT2D eigenvalue weighted by Gasteiger charge is 2.36. The number of hydrogen-bond donors (Lipinski definition) is 1. The van der Waals surface area contributed by atoms with Crippen LogP contribution in [0.2, 0.25) is 0 Å². The van der Waals surface area contributed by atoms with Crippen LogP contribution in [0.1, 0.15) is 32.9 Å². The van der Waals surface area contributed by atoms with Crippen LogP contribution in [0, 0.1) is 0 Å². The number of carbonyl (C=O) groups is 1. The van der Waals surface area contributed by atoms with Gasteiger partial charge in [-0.1, -0.05) is 18.2 Å². The summed E-state index contributed by atoms with van der Waals surface area (Å²) in [6.07, 6.45) is 5.19. The van der Waals surface area contributed by atoms with Gasteiger partial charge in [0, 0.05) is 28.2 Å². The molecule has 0 saturated heterocycles. The molecule has 6 nitrogen and oxygen atoms in total. The fourth-order valence-electron chi connectivity index (χ4n) is 3.38. The molecule has 4 heterocycles. The van der Waals surface area contributed by atoms with Crippen LogP contribution in [0.25, 0.3) is 10.1 Å². The van der Waals surface area contributed by atoms with Crippen molar-refractivity contribution in [2.24, 2.45) is 0 Å². The van der Waals surface area contributed by atoms with Crippen LogP contribution in [0.15, 0.2) is 53.7 Å². The molecule has 0 fully saturated rings. The Labute approximate surface area is 147 Å². The minimum absolute atomic E-state index is 0.159. The fourth-order valence-corrected chi connectivity index (χ4v) is 4.57. The Hall–Kier alpha value is -2.93. The fraction of sp³-hybridized carbons (Fsp3) is 0.167. The molecule has 1 aliphatic heterocycles. The maximum absolute atomic E-state index is 13.0. The zero-order chi connectivity index (χ0) is 16.8. The summed E-state index contributed by atoms with van der Waals surface area (Å²) in [7, 11) is 0. The van der Waals surface area contributed by atoms with E-state index < -0.39 is 0 Å². The number of imidazole rings is 1. The molecule has 0 radical (unpaired) electrons. The highest BCUT2D eigenvalue weighted by molar-refractivity contribution is 7.19. The lowest BCUT2D eigenvalue weighted by Crippen LogP contribution is -2.40. The van der Waals surface area contributed by atoms with Crippen LogP contribution in [0.5, 0.6) is 0 Å². The van der Waals surface area contributed by atoms with Gasteiger partial charge in [-0.2, -0.15) is 0 Å². The average molecular weight is 350 g/mol. The van der Waals surface area contributed by atoms with Crippen LogP contribution in [-0.4, -0.2) is 32.3 Å². The van der Waals surface area contributed by atoms with Gasteiger partial charge in [0.25, 0.3) is 5.91 Å². The predicted octanol–water partition coefficient (Wildman–Crippen LogP) is 3.40. The lowest BCUT2D eigenvalue weighted by atomic mass is 10.0. The van der Waals surface area contributed by atoms with Crippen LogP contribution < -0.4 is 0 Å². The molecule has 1 aliphatic rings. The van der Waals surface area contributed by atoms with Crippen LogP contribution in [0.4, 0.5) is 0 Å². The summed E-state index contributed by atoms with van der Waals surface area (Å²) in [6.45, 7) is 0.605. The Bertz CT molecular complexity index is 1020. The minimum Gasteiger partial charge on any atom is -0.438 e. The number of rotatable bonds is 2. The molecule has 25 heavy (non-hydrogen) atoms. The van der Waals surface area contributed by atoms with E-state index in [-0.39, 0.29) is 17.7 Å². The number of aromatic nitrogens is 3. The van der Waals surface area contributed by atoms with Crippen molar-refractivity contribution < 1.29 is 9.21 Å². The van der Waals surface area contributed by atoms with Gasteiger partial charge < -0.3 is 14.3 Å². The van der Waals surface area contributed by atoms with Crippen molar-refractivity contribution in [2.45, 2.75) is 12.5 Å². The smallest absolute Gasteiger partial charge is 0.292 e. The quantitative estimate of drug-likeness (QED) is 0.601. The third kappa shape index (κ3) is 2.27. The second kappa shape index (κ2) is 5.56. The van der Waals surface area contributed by atoms with Gasteiger partial charge in [-0.05, 0) is 17.5 Å². The van der Waals surface area contributed by atoms with Gasteiger partial charge >= 0.3 is 0 Å². The first-order chi connectivity index (χ1) is 12.3. The molecule has 0 aliphatic carbocycles. The molecule has 1 N–H and O–H groups in total. The van der Waals surface area contributed by atoms with Gasteiger partial charge in [-0.15, -0.1) is 11.3 Å². The van der Waals surface area contributed by atoms with Crippen molar-refractivity contribution in [2.75, 3.05) is 6.54 Å². The van der Waals surface area contributed by atoms with Crippen molar-refractivity contribution in [1.29, 1.82) is 0 Å². The molecule has 5 rings (SSSR count). The van der Waals surface area contributed by atoms with Gasteiger partial charge in [0.2, 0.25) is 5.76 Å². The molecule has 124 valence electrons. The zero-order valence-electron chi connectivity index (χ0n) is 13.2. The predicted molar refractivity (Wildman–Crippen MR) is 93.5 cm³/mol. The summed E-state index contributed by atoms with van der Waals surface area (Å²) in [6, 6.07) is 10.2. The van der Waals surface area contributed by atoms with Gasteiger partial charge in [0.05, 0.1) is 18.2 Å². The number of aromatic amines is 1. The molecule has 4 aromatic rings. The second-order valence-electron chi connectivity index (χ2n) is 5.97. The number of nitrogens with one attached hydrogen (secondary N) is 1. The Morgan fingerprint density at radius 1 is 1.36 bits per heavy atom. The van der Waals surface area contributed by atoms with E-state index in [0.717, 1.165) is 22.7 Å². The van der Waals surface area contributed by atoms with Crippen molar-refractivity contribution in [3.63, 3.8) is 0 Å². The number of fused-ring (bicyclic) bond motifs is 2. The SMILES string of the molecule is O=C(c1cnco1)N1CCc2[nH]cnc2[C@@H]1c1cc2ccccc2s1. The molecular formula is C18H14N4O2S. The summed E-state index contributed by atoms with van der Waals surface area (Å²) in [4.78, 5) is 27.5. The Kier molecular flexibility index (Phi) is 3.21. The molecule has 1 amide bonds. The summed E-state index contributed by atoms with van der Waals surface area (Å²) < 4.78 is 6.44. The summed E-state index contributed by atoms with van der Waals surface area (Å²) >= 11 is 1.70. The first kappa shape index (κ1) is 14.4. The zero-order valence-corrected chi connectivity index (χ0v) is 14.0. The van der Waals surface area contributed by atoms with E-state index in [0.29, 0.717) is 6.54 Å². The minimum atomic E-state index is -0.218. The molecule has 1 aromatic carbocycles. The topological polar surface area (TPSA) is 75.0 Å². The highest BCUT2D eigenvalue weighted by atomic mass is 32.1. The summed E-state index contributed by atoms with van der Waals surface area (Å²) in [5.74, 6) is 0.0960. The Balaban J connectivity index is 1.64. The normalized spacial score (nSPS) is 17.0. The van der Waals surface area contributed by atoms with Crippen LogP contribution >= 0.6 is 11.3 Å². The number of thiophene rings is 1. The van der Waals surface area contributed by atoms with Crippen molar-refractivity contribution in [1.82, 2.24) is 19.9 Å². The molecule has 3 aromatic heterocycles. The van der Waals surface area contributed by atoms with E-state index in [1.807, 2.05) is 17.0 Å². The van der Waals surface area contributed by atoms with Gasteiger partial charge in [0.1, 0.15) is 6.04 Å². The van der Waals surface area contributed by atoms with Crippen LogP contribution in [-0.2, 0) is 6.42 Å². The lowest BCUT2D eigenvalue weighted by Gasteiger charge is -2.33. The third-order valence-electron chi connectivity index (χ3n) is 4.54. The van der Waals surface area contributed by atoms with Gasteiger partial charge in [0.15, 0.2) is 6.39 Å². The number of hydrogen-bond acceptors (Lipinski definition) is 5. The van der Waals surface area contributed by atoms with E-state index in [1.54, 1.807) is 17.7 Å². The van der Waals surface area contributed by atoms with Crippen molar-refractivity contribution in [3.8, 4) is 0 Å². The monoisotopic (exact) mass is 350 g/mol. The Morgan fingerprint density at radius 3 is 3.12 bits per heavy atom. The van der Waals surface area contributed by atoms with E-state index in [4.69, 9.17) is 4.42 Å².